The number of amides is 1. The number of halogens is 1. The number of carbonyl (C=O) groups is 1. The fourth-order valence-corrected chi connectivity index (χ4v) is 4.21. The Kier molecular flexibility index (Phi) is 6.79. The third kappa shape index (κ3) is 4.33. The highest BCUT2D eigenvalue weighted by molar-refractivity contribution is 6.32. The van der Waals surface area contributed by atoms with Gasteiger partial charge in [0.05, 0.1) is 24.8 Å². The van der Waals surface area contributed by atoms with Crippen molar-refractivity contribution in [1.29, 1.82) is 0 Å². The SMILES string of the molecule is CCCOc1ccc(NC(=O)C2(N3CCOCC3)CCCCC2)cc1Cl. The van der Waals surface area contributed by atoms with Crippen molar-refractivity contribution in [3.63, 3.8) is 0 Å². The highest BCUT2D eigenvalue weighted by Gasteiger charge is 2.45. The van der Waals surface area contributed by atoms with Crippen molar-refractivity contribution in [3.8, 4) is 5.75 Å². The fraction of sp³-hybridized carbons (Fsp3) is 0.650. The first-order valence-corrected chi connectivity index (χ1v) is 10.1. The van der Waals surface area contributed by atoms with E-state index in [1.165, 1.54) is 6.42 Å². The molecule has 0 spiro atoms. The lowest BCUT2D eigenvalue weighted by atomic mass is 9.79. The minimum atomic E-state index is -0.425. The number of benzene rings is 1. The summed E-state index contributed by atoms with van der Waals surface area (Å²) in [5, 5.41) is 3.64. The Morgan fingerprint density at radius 1 is 1.27 bits per heavy atom. The number of ether oxygens (including phenoxy) is 2. The lowest BCUT2D eigenvalue weighted by Gasteiger charge is -2.46. The van der Waals surface area contributed by atoms with Crippen LogP contribution < -0.4 is 10.1 Å². The minimum Gasteiger partial charge on any atom is -0.492 e. The maximum atomic E-state index is 13.3. The Bertz CT molecular complexity index is 611. The number of nitrogens with zero attached hydrogens (tertiary/aromatic N) is 1. The smallest absolute Gasteiger partial charge is 0.244 e. The van der Waals surface area contributed by atoms with Gasteiger partial charge in [0.15, 0.2) is 0 Å². The molecular formula is C20H29ClN2O3. The molecule has 2 aliphatic rings. The van der Waals surface area contributed by atoms with E-state index in [1.54, 1.807) is 6.07 Å². The zero-order valence-electron chi connectivity index (χ0n) is 15.6. The summed E-state index contributed by atoms with van der Waals surface area (Å²) in [5.41, 5.74) is 0.299. The number of anilines is 1. The van der Waals surface area contributed by atoms with E-state index in [4.69, 9.17) is 21.1 Å². The molecule has 0 aromatic heterocycles. The molecule has 1 aliphatic carbocycles. The Labute approximate surface area is 161 Å². The average molecular weight is 381 g/mol. The molecule has 26 heavy (non-hydrogen) atoms. The summed E-state index contributed by atoms with van der Waals surface area (Å²) < 4.78 is 11.1. The molecule has 3 rings (SSSR count). The van der Waals surface area contributed by atoms with Gasteiger partial charge in [-0.2, -0.15) is 0 Å². The summed E-state index contributed by atoms with van der Waals surface area (Å²) in [6.45, 7) is 5.72. The topological polar surface area (TPSA) is 50.8 Å². The molecule has 0 unspecified atom stereocenters. The van der Waals surface area contributed by atoms with Crippen LogP contribution in [0.25, 0.3) is 0 Å². The Morgan fingerprint density at radius 3 is 2.65 bits per heavy atom. The summed E-state index contributed by atoms with van der Waals surface area (Å²) in [5.74, 6) is 0.740. The zero-order chi connectivity index (χ0) is 18.4. The van der Waals surface area contributed by atoms with Crippen molar-refractivity contribution in [1.82, 2.24) is 4.90 Å². The van der Waals surface area contributed by atoms with Crippen molar-refractivity contribution in [2.75, 3.05) is 38.2 Å². The molecule has 0 bridgehead atoms. The first-order chi connectivity index (χ1) is 12.7. The number of hydrogen-bond donors (Lipinski definition) is 1. The first kappa shape index (κ1) is 19.5. The first-order valence-electron chi connectivity index (χ1n) is 9.72. The number of carbonyl (C=O) groups excluding carboxylic acids is 1. The molecule has 5 nitrogen and oxygen atoms in total. The van der Waals surface area contributed by atoms with Gasteiger partial charge in [-0.3, -0.25) is 9.69 Å². The molecule has 0 radical (unpaired) electrons. The van der Waals surface area contributed by atoms with Crippen LogP contribution in [0, 0.1) is 0 Å². The molecule has 1 aromatic rings. The standard InChI is InChI=1S/C20H29ClN2O3/c1-2-12-26-18-7-6-16(15-17(18)21)22-19(24)20(8-4-3-5-9-20)23-10-13-25-14-11-23/h6-7,15H,2-5,8-14H2,1H3,(H,22,24). The van der Waals surface area contributed by atoms with Crippen LogP contribution in [-0.4, -0.2) is 49.3 Å². The van der Waals surface area contributed by atoms with E-state index in [-0.39, 0.29) is 5.91 Å². The summed E-state index contributed by atoms with van der Waals surface area (Å²) in [6.07, 6.45) is 6.13. The molecule has 1 saturated heterocycles. The monoisotopic (exact) mass is 380 g/mol. The third-order valence-corrected chi connectivity index (χ3v) is 5.67. The molecular weight excluding hydrogens is 352 g/mol. The molecule has 1 saturated carbocycles. The van der Waals surface area contributed by atoms with Crippen molar-refractivity contribution in [2.45, 2.75) is 51.0 Å². The van der Waals surface area contributed by atoms with Crippen LogP contribution in [0.4, 0.5) is 5.69 Å². The van der Waals surface area contributed by atoms with Crippen LogP contribution in [-0.2, 0) is 9.53 Å². The van der Waals surface area contributed by atoms with Gasteiger partial charge >= 0.3 is 0 Å². The van der Waals surface area contributed by atoms with Gasteiger partial charge in [-0.15, -0.1) is 0 Å². The van der Waals surface area contributed by atoms with Crippen LogP contribution in [0.1, 0.15) is 45.4 Å². The van der Waals surface area contributed by atoms with E-state index >= 15 is 0 Å². The molecule has 1 N–H and O–H groups in total. The van der Waals surface area contributed by atoms with Crippen molar-refractivity contribution in [2.24, 2.45) is 0 Å². The Morgan fingerprint density at radius 2 is 2.00 bits per heavy atom. The van der Waals surface area contributed by atoms with Crippen LogP contribution in [0.5, 0.6) is 5.75 Å². The van der Waals surface area contributed by atoms with Crippen LogP contribution in [0.3, 0.4) is 0 Å². The lowest BCUT2D eigenvalue weighted by molar-refractivity contribution is -0.134. The van der Waals surface area contributed by atoms with Crippen molar-refractivity contribution < 1.29 is 14.3 Å². The molecule has 144 valence electrons. The lowest BCUT2D eigenvalue weighted by Crippen LogP contribution is -2.60. The van der Waals surface area contributed by atoms with E-state index in [1.807, 2.05) is 12.1 Å². The molecule has 2 fully saturated rings. The maximum absolute atomic E-state index is 13.3. The van der Waals surface area contributed by atoms with E-state index in [9.17, 15) is 4.79 Å². The zero-order valence-corrected chi connectivity index (χ0v) is 16.3. The van der Waals surface area contributed by atoms with Crippen molar-refractivity contribution in [3.05, 3.63) is 23.2 Å². The molecule has 1 aromatic carbocycles. The number of hydrogen-bond acceptors (Lipinski definition) is 4. The third-order valence-electron chi connectivity index (χ3n) is 5.37. The number of rotatable bonds is 6. The number of morpholine rings is 1. The Hall–Kier alpha value is -1.30. The summed E-state index contributed by atoms with van der Waals surface area (Å²) >= 11 is 6.31. The average Bonchev–Trinajstić information content (AvgIpc) is 2.68. The second-order valence-corrected chi connectivity index (χ2v) is 7.55. The van der Waals surface area contributed by atoms with E-state index < -0.39 is 5.54 Å². The second kappa shape index (κ2) is 9.07. The van der Waals surface area contributed by atoms with Crippen LogP contribution in [0.2, 0.25) is 5.02 Å². The molecule has 1 amide bonds. The molecule has 1 aliphatic heterocycles. The quantitative estimate of drug-likeness (QED) is 0.807. The fourth-order valence-electron chi connectivity index (χ4n) is 3.97. The van der Waals surface area contributed by atoms with Gasteiger partial charge in [0, 0.05) is 18.8 Å². The van der Waals surface area contributed by atoms with E-state index in [0.717, 1.165) is 50.9 Å². The van der Waals surface area contributed by atoms with Gasteiger partial charge in [0.2, 0.25) is 5.91 Å². The van der Waals surface area contributed by atoms with Crippen LogP contribution in [0.15, 0.2) is 18.2 Å². The minimum absolute atomic E-state index is 0.0809. The second-order valence-electron chi connectivity index (χ2n) is 7.14. The molecule has 0 atom stereocenters. The van der Waals surface area contributed by atoms with E-state index in [0.29, 0.717) is 30.6 Å². The summed E-state index contributed by atoms with van der Waals surface area (Å²) in [7, 11) is 0. The van der Waals surface area contributed by atoms with Gasteiger partial charge < -0.3 is 14.8 Å². The predicted molar refractivity (Wildman–Crippen MR) is 104 cm³/mol. The summed E-state index contributed by atoms with van der Waals surface area (Å²) in [4.78, 5) is 15.6. The molecule has 1 heterocycles. The van der Waals surface area contributed by atoms with Gasteiger partial charge in [0.1, 0.15) is 11.3 Å². The highest BCUT2D eigenvalue weighted by Crippen LogP contribution is 2.36. The predicted octanol–water partition coefficient (Wildman–Crippen LogP) is 4.10. The van der Waals surface area contributed by atoms with Gasteiger partial charge in [-0.25, -0.2) is 0 Å². The highest BCUT2D eigenvalue weighted by atomic mass is 35.5. The van der Waals surface area contributed by atoms with E-state index in [2.05, 4.69) is 17.1 Å². The summed E-state index contributed by atoms with van der Waals surface area (Å²) in [6, 6.07) is 5.47. The molecule has 6 heteroatoms. The van der Waals surface area contributed by atoms with Gasteiger partial charge in [0.25, 0.3) is 0 Å². The van der Waals surface area contributed by atoms with Gasteiger partial charge in [-0.05, 0) is 37.5 Å². The number of nitrogens with one attached hydrogen (secondary N) is 1. The van der Waals surface area contributed by atoms with Crippen molar-refractivity contribution >= 4 is 23.2 Å². The largest absolute Gasteiger partial charge is 0.492 e. The maximum Gasteiger partial charge on any atom is 0.244 e. The normalized spacial score (nSPS) is 20.5. The van der Waals surface area contributed by atoms with Gasteiger partial charge in [-0.1, -0.05) is 37.8 Å². The Balaban J connectivity index is 1.74. The van der Waals surface area contributed by atoms with Crippen LogP contribution >= 0.6 is 11.6 Å².